The predicted octanol–water partition coefficient (Wildman–Crippen LogP) is 10.1. The van der Waals surface area contributed by atoms with E-state index in [1.807, 2.05) is 62.2 Å². The van der Waals surface area contributed by atoms with Gasteiger partial charge in [-0.15, -0.1) is 11.3 Å². The Kier molecular flexibility index (Phi) is 10.0. The van der Waals surface area contributed by atoms with Gasteiger partial charge in [0, 0.05) is 64.6 Å². The number of fused-ring (bicyclic) bond motifs is 3. The first-order valence-electron chi connectivity index (χ1n) is 18.6. The number of aryl methyl sites for hydroxylation is 1. The Morgan fingerprint density at radius 2 is 1.75 bits per heavy atom. The number of aromatic hydroxyl groups is 1. The largest absolute Gasteiger partial charge is 0.507 e. The molecule has 7 rings (SSSR count). The van der Waals surface area contributed by atoms with Crippen molar-refractivity contribution in [1.82, 2.24) is 29.4 Å². The average Bonchev–Trinajstić information content (AvgIpc) is 3.83. The van der Waals surface area contributed by atoms with Crippen LogP contribution in [0.15, 0.2) is 48.0 Å². The number of benzene rings is 2. The number of carbonyl (C=O) groups is 1. The van der Waals surface area contributed by atoms with Crippen LogP contribution in [0.4, 0.5) is 13.6 Å². The Morgan fingerprint density at radius 1 is 1.00 bits per heavy atom. The molecule has 1 N–H and O–H groups in total. The van der Waals surface area contributed by atoms with Crippen molar-refractivity contribution in [3.8, 4) is 45.3 Å². The van der Waals surface area contributed by atoms with Crippen molar-refractivity contribution < 1.29 is 32.6 Å². The van der Waals surface area contributed by atoms with Crippen LogP contribution >= 0.6 is 11.3 Å². The number of halogens is 2. The summed E-state index contributed by atoms with van der Waals surface area (Å²) in [6.07, 6.45) is 1.42. The molecule has 296 valence electrons. The van der Waals surface area contributed by atoms with Gasteiger partial charge in [0.15, 0.2) is 8.32 Å². The van der Waals surface area contributed by atoms with Gasteiger partial charge in [-0.3, -0.25) is 14.3 Å². The zero-order valence-electron chi connectivity index (χ0n) is 33.5. The van der Waals surface area contributed by atoms with Crippen LogP contribution in [0.3, 0.4) is 0 Å². The first-order chi connectivity index (χ1) is 26.2. The first-order valence-corrected chi connectivity index (χ1v) is 22.4. The van der Waals surface area contributed by atoms with E-state index in [1.165, 1.54) is 17.4 Å². The van der Waals surface area contributed by atoms with E-state index < -0.39 is 37.7 Å². The summed E-state index contributed by atoms with van der Waals surface area (Å²) in [5.41, 5.74) is 2.67. The average molecular weight is 803 g/mol. The third-order valence-electron chi connectivity index (χ3n) is 10.6. The fourth-order valence-corrected chi connectivity index (χ4v) is 8.76. The topological polar surface area (TPSA) is 117 Å². The van der Waals surface area contributed by atoms with E-state index in [0.717, 1.165) is 17.1 Å². The number of ether oxygens (including phenoxy) is 2. The van der Waals surface area contributed by atoms with E-state index in [4.69, 9.17) is 24.0 Å². The van der Waals surface area contributed by atoms with Gasteiger partial charge in [-0.05, 0) is 69.4 Å². The molecule has 0 saturated carbocycles. The van der Waals surface area contributed by atoms with E-state index in [-0.39, 0.29) is 35.3 Å². The van der Waals surface area contributed by atoms with Crippen molar-refractivity contribution in [1.29, 1.82) is 0 Å². The third kappa shape index (κ3) is 7.39. The number of hydrogen-bond donors (Lipinski definition) is 1. The lowest BCUT2D eigenvalue weighted by Gasteiger charge is -2.36. The zero-order valence-corrected chi connectivity index (χ0v) is 35.3. The summed E-state index contributed by atoms with van der Waals surface area (Å²) in [5, 5.41) is 24.1. The van der Waals surface area contributed by atoms with Gasteiger partial charge in [0.25, 0.3) is 0 Å². The first kappa shape index (κ1) is 39.4. The molecule has 1 aliphatic rings. The number of rotatable bonds is 8. The van der Waals surface area contributed by atoms with Gasteiger partial charge in [0.05, 0.1) is 41.7 Å². The molecule has 0 fully saturated rings. The molecular formula is C41H48F2N6O5SSi. The summed E-state index contributed by atoms with van der Waals surface area (Å²) in [5.74, 6) is -1.65. The number of amides is 1. The highest BCUT2D eigenvalue weighted by atomic mass is 32.1. The molecule has 4 aromatic heterocycles. The van der Waals surface area contributed by atoms with Gasteiger partial charge in [-0.1, -0.05) is 20.8 Å². The minimum Gasteiger partial charge on any atom is -0.507 e. The van der Waals surface area contributed by atoms with Gasteiger partial charge in [-0.25, -0.2) is 18.6 Å². The van der Waals surface area contributed by atoms with Gasteiger partial charge >= 0.3 is 6.09 Å². The van der Waals surface area contributed by atoms with Crippen LogP contribution in [-0.4, -0.2) is 74.3 Å². The molecule has 0 unspecified atom stereocenters. The lowest BCUT2D eigenvalue weighted by molar-refractivity contribution is 0.0120. The van der Waals surface area contributed by atoms with E-state index in [0.29, 0.717) is 56.9 Å². The molecule has 11 nitrogen and oxygen atoms in total. The second-order valence-corrected chi connectivity index (χ2v) is 22.5. The van der Waals surface area contributed by atoms with Gasteiger partial charge < -0.3 is 19.0 Å². The smallest absolute Gasteiger partial charge is 0.410 e. The Bertz CT molecular complexity index is 2480. The van der Waals surface area contributed by atoms with E-state index in [9.17, 15) is 9.90 Å². The molecule has 5 heterocycles. The highest BCUT2D eigenvalue weighted by Gasteiger charge is 2.37. The number of phenolic OH excluding ortho intramolecular Hbond substituents is 1. The SMILES string of the molecule is C[C@H]1c2cc(-c3nc(-c4cc5cn(C)nc5cc4O)c4ccsc4c3-c3c(F)cc(F)cc3OCCO[Si](C)(C)C(C)(C)C)nn2CCN1C(=O)OC(C)(C)C. The molecule has 0 bridgehead atoms. The quantitative estimate of drug-likeness (QED) is 0.119. The van der Waals surface area contributed by atoms with Crippen molar-refractivity contribution in [3.05, 3.63) is 65.3 Å². The normalized spacial score (nSPS) is 15.1. The molecule has 6 aromatic rings. The summed E-state index contributed by atoms with van der Waals surface area (Å²) in [4.78, 5) is 20.1. The lowest BCUT2D eigenvalue weighted by Crippen LogP contribution is -2.43. The van der Waals surface area contributed by atoms with E-state index in [2.05, 4.69) is 39.0 Å². The number of phenols is 1. The van der Waals surface area contributed by atoms with Crippen LogP contribution in [0.2, 0.25) is 18.1 Å². The Morgan fingerprint density at radius 3 is 2.46 bits per heavy atom. The number of thiophene rings is 1. The minimum absolute atomic E-state index is 0.0000929. The van der Waals surface area contributed by atoms with E-state index in [1.54, 1.807) is 22.7 Å². The highest BCUT2D eigenvalue weighted by Crippen LogP contribution is 2.49. The maximum absolute atomic E-state index is 16.5. The molecule has 56 heavy (non-hydrogen) atoms. The summed E-state index contributed by atoms with van der Waals surface area (Å²) in [6, 6.07) is 8.75. The fraction of sp³-hybridized carbons (Fsp3) is 0.415. The molecule has 0 saturated heterocycles. The van der Waals surface area contributed by atoms with E-state index >= 15 is 8.78 Å². The number of hydrogen-bond acceptors (Lipinski definition) is 9. The molecule has 1 amide bonds. The van der Waals surface area contributed by atoms with Gasteiger partial charge in [0.1, 0.15) is 46.7 Å². The van der Waals surface area contributed by atoms with Crippen molar-refractivity contribution in [2.75, 3.05) is 19.8 Å². The number of nitrogens with zero attached hydrogens (tertiary/aromatic N) is 6. The second kappa shape index (κ2) is 14.3. The zero-order chi connectivity index (χ0) is 40.5. The highest BCUT2D eigenvalue weighted by molar-refractivity contribution is 7.18. The monoisotopic (exact) mass is 802 g/mol. The second-order valence-electron chi connectivity index (χ2n) is 16.8. The van der Waals surface area contributed by atoms with Crippen LogP contribution < -0.4 is 4.74 Å². The maximum atomic E-state index is 16.5. The Balaban J connectivity index is 1.41. The Hall–Kier alpha value is -4.86. The van der Waals surface area contributed by atoms with Crippen LogP contribution in [-0.2, 0) is 22.8 Å². The maximum Gasteiger partial charge on any atom is 0.410 e. The third-order valence-corrected chi connectivity index (χ3v) is 16.1. The minimum atomic E-state index is -2.12. The Labute approximate surface area is 329 Å². The molecule has 1 atom stereocenters. The summed E-state index contributed by atoms with van der Waals surface area (Å²) < 4.78 is 53.9. The van der Waals surface area contributed by atoms with Crippen LogP contribution in [0.1, 0.15) is 60.2 Å². The standard InChI is InChI=1S/C41H48F2N6O5SSi/c1-23-31-20-30(46-49(31)13-12-48(23)39(51)54-40(2,3)4)37-35(34-28(43)18-25(42)19-33(34)52-14-15-53-56(9,10)41(5,6)7)38-26(11-16-55-38)36(44-37)27-17-24-22-47(8)45-29(24)21-32(27)50/h11,16-23,50H,12-15H2,1-10H3/t23-/m0/s1. The molecule has 1 aliphatic heterocycles. The number of carbonyl (C=O) groups excluding carboxylic acids is 1. The number of aromatic nitrogens is 5. The molecule has 0 aliphatic carbocycles. The molecule has 15 heteroatoms. The van der Waals surface area contributed by atoms with Crippen molar-refractivity contribution in [3.63, 3.8) is 0 Å². The van der Waals surface area contributed by atoms with Crippen LogP contribution in [0.25, 0.3) is 54.8 Å². The summed E-state index contributed by atoms with van der Waals surface area (Å²) in [7, 11) is -0.316. The fourth-order valence-electron chi connectivity index (χ4n) is 6.78. The molecule has 0 radical (unpaired) electrons. The van der Waals surface area contributed by atoms with Crippen molar-refractivity contribution in [2.24, 2.45) is 7.05 Å². The van der Waals surface area contributed by atoms with Crippen LogP contribution in [0.5, 0.6) is 11.5 Å². The summed E-state index contributed by atoms with van der Waals surface area (Å²) >= 11 is 1.36. The molecule has 2 aromatic carbocycles. The summed E-state index contributed by atoms with van der Waals surface area (Å²) in [6.45, 7) is 19.1. The molecule has 0 spiro atoms. The lowest BCUT2D eigenvalue weighted by atomic mass is 9.95. The van der Waals surface area contributed by atoms with Gasteiger partial charge in [-0.2, -0.15) is 10.2 Å². The van der Waals surface area contributed by atoms with Gasteiger partial charge in [0.2, 0.25) is 0 Å². The molecular weight excluding hydrogens is 755 g/mol. The van der Waals surface area contributed by atoms with Crippen molar-refractivity contribution in [2.45, 2.75) is 84.8 Å². The number of pyridine rings is 1. The van der Waals surface area contributed by atoms with Crippen LogP contribution in [0, 0.1) is 11.6 Å². The predicted molar refractivity (Wildman–Crippen MR) is 218 cm³/mol. The van der Waals surface area contributed by atoms with Crippen molar-refractivity contribution >= 4 is 46.7 Å².